The highest BCUT2D eigenvalue weighted by atomic mass is 16.5. The fourth-order valence-electron chi connectivity index (χ4n) is 3.26. The molecule has 0 spiro atoms. The van der Waals surface area contributed by atoms with Crippen LogP contribution in [-0.4, -0.2) is 37.5 Å². The summed E-state index contributed by atoms with van der Waals surface area (Å²) in [6, 6.07) is 13.2. The number of benzene rings is 1. The molecule has 1 aromatic carbocycles. The summed E-state index contributed by atoms with van der Waals surface area (Å²) in [7, 11) is 0. The van der Waals surface area contributed by atoms with Crippen LogP contribution in [0.4, 0.5) is 5.69 Å². The van der Waals surface area contributed by atoms with Crippen molar-refractivity contribution < 1.29 is 9.53 Å². The van der Waals surface area contributed by atoms with E-state index in [1.807, 2.05) is 58.0 Å². The lowest BCUT2D eigenvalue weighted by atomic mass is 10.1. The predicted molar refractivity (Wildman–Crippen MR) is 114 cm³/mol. The van der Waals surface area contributed by atoms with E-state index in [4.69, 9.17) is 4.74 Å². The van der Waals surface area contributed by atoms with Gasteiger partial charge in [0.05, 0.1) is 16.9 Å². The van der Waals surface area contributed by atoms with Gasteiger partial charge in [0, 0.05) is 22.8 Å². The predicted octanol–water partition coefficient (Wildman–Crippen LogP) is 3.46. The van der Waals surface area contributed by atoms with E-state index in [1.54, 1.807) is 16.8 Å². The normalized spacial score (nSPS) is 10.9. The van der Waals surface area contributed by atoms with E-state index < -0.39 is 0 Å². The summed E-state index contributed by atoms with van der Waals surface area (Å²) >= 11 is 0. The molecule has 3 aromatic heterocycles. The highest BCUT2D eigenvalue weighted by Gasteiger charge is 2.12. The van der Waals surface area contributed by atoms with Crippen LogP contribution in [0.2, 0.25) is 0 Å². The Bertz CT molecular complexity index is 1230. The molecule has 8 nitrogen and oxygen atoms in total. The Morgan fingerprint density at radius 2 is 1.83 bits per heavy atom. The number of fused-ring (bicyclic) bond motifs is 1. The third kappa shape index (κ3) is 3.98. The minimum absolute atomic E-state index is 0.178. The van der Waals surface area contributed by atoms with Crippen LogP contribution in [0, 0.1) is 27.7 Å². The SMILES string of the molecule is Cc1ccc2c(NC(=O)COc3ccc(-n4nc(C)cc4C)nn3)c(C)ccc2n1. The Balaban J connectivity index is 1.44. The summed E-state index contributed by atoms with van der Waals surface area (Å²) in [5, 5.41) is 16.4. The molecule has 0 saturated heterocycles. The first-order valence-corrected chi connectivity index (χ1v) is 9.58. The lowest BCUT2D eigenvalue weighted by molar-refractivity contribution is -0.118. The highest BCUT2D eigenvalue weighted by molar-refractivity contribution is 6.02. The van der Waals surface area contributed by atoms with Gasteiger partial charge in [-0.05, 0) is 63.6 Å². The molecule has 0 aliphatic rings. The minimum Gasteiger partial charge on any atom is -0.466 e. The first kappa shape index (κ1) is 19.5. The number of ether oxygens (including phenoxy) is 1. The third-order valence-corrected chi connectivity index (χ3v) is 4.69. The molecule has 152 valence electrons. The number of pyridine rings is 1. The largest absolute Gasteiger partial charge is 0.466 e. The van der Waals surface area contributed by atoms with Gasteiger partial charge in [0.1, 0.15) is 0 Å². The van der Waals surface area contributed by atoms with Gasteiger partial charge in [-0.15, -0.1) is 10.2 Å². The number of hydrogen-bond acceptors (Lipinski definition) is 6. The number of carbonyl (C=O) groups is 1. The number of anilines is 1. The maximum absolute atomic E-state index is 12.5. The number of nitrogens with zero attached hydrogens (tertiary/aromatic N) is 5. The quantitative estimate of drug-likeness (QED) is 0.549. The fourth-order valence-corrected chi connectivity index (χ4v) is 3.26. The van der Waals surface area contributed by atoms with Crippen molar-refractivity contribution in [2.45, 2.75) is 27.7 Å². The zero-order valence-electron chi connectivity index (χ0n) is 17.3. The summed E-state index contributed by atoms with van der Waals surface area (Å²) in [5.74, 6) is 0.574. The van der Waals surface area contributed by atoms with E-state index in [-0.39, 0.29) is 18.4 Å². The molecule has 0 bridgehead atoms. The van der Waals surface area contributed by atoms with E-state index in [9.17, 15) is 4.79 Å². The second-order valence-electron chi connectivity index (χ2n) is 7.18. The first-order valence-electron chi connectivity index (χ1n) is 9.58. The molecule has 0 radical (unpaired) electrons. The van der Waals surface area contributed by atoms with Gasteiger partial charge in [0.2, 0.25) is 5.88 Å². The summed E-state index contributed by atoms with van der Waals surface area (Å²) in [6.07, 6.45) is 0. The van der Waals surface area contributed by atoms with Gasteiger partial charge in [0.25, 0.3) is 5.91 Å². The van der Waals surface area contributed by atoms with Gasteiger partial charge in [-0.1, -0.05) is 6.07 Å². The van der Waals surface area contributed by atoms with Crippen LogP contribution in [0.1, 0.15) is 22.6 Å². The molecule has 0 aliphatic carbocycles. The molecule has 0 atom stereocenters. The second kappa shape index (κ2) is 7.90. The Hall–Kier alpha value is -3.81. The van der Waals surface area contributed by atoms with Gasteiger partial charge in [-0.25, -0.2) is 4.68 Å². The summed E-state index contributed by atoms with van der Waals surface area (Å²) in [6.45, 7) is 7.57. The lowest BCUT2D eigenvalue weighted by Crippen LogP contribution is -2.21. The van der Waals surface area contributed by atoms with Crippen molar-refractivity contribution in [1.29, 1.82) is 0 Å². The van der Waals surface area contributed by atoms with E-state index >= 15 is 0 Å². The van der Waals surface area contributed by atoms with E-state index in [2.05, 4.69) is 25.6 Å². The lowest BCUT2D eigenvalue weighted by Gasteiger charge is -2.12. The zero-order chi connectivity index (χ0) is 21.3. The minimum atomic E-state index is -0.282. The molecule has 3 heterocycles. The summed E-state index contributed by atoms with van der Waals surface area (Å²) in [4.78, 5) is 17.0. The summed E-state index contributed by atoms with van der Waals surface area (Å²) < 4.78 is 7.21. The number of amides is 1. The molecule has 30 heavy (non-hydrogen) atoms. The Morgan fingerprint density at radius 3 is 2.53 bits per heavy atom. The topological polar surface area (TPSA) is 94.8 Å². The fraction of sp³-hybridized carbons (Fsp3) is 0.227. The van der Waals surface area contributed by atoms with Gasteiger partial charge >= 0.3 is 0 Å². The first-order chi connectivity index (χ1) is 14.4. The van der Waals surface area contributed by atoms with Crippen molar-refractivity contribution in [3.8, 4) is 11.7 Å². The molecular weight excluding hydrogens is 380 g/mol. The molecule has 4 rings (SSSR count). The maximum atomic E-state index is 12.5. The van der Waals surface area contributed by atoms with Crippen molar-refractivity contribution >= 4 is 22.5 Å². The molecule has 1 amide bonds. The van der Waals surface area contributed by atoms with Crippen LogP contribution in [0.15, 0.2) is 42.5 Å². The van der Waals surface area contributed by atoms with Crippen LogP contribution < -0.4 is 10.1 Å². The van der Waals surface area contributed by atoms with Gasteiger partial charge in [-0.3, -0.25) is 9.78 Å². The van der Waals surface area contributed by atoms with Crippen LogP contribution in [0.25, 0.3) is 16.7 Å². The maximum Gasteiger partial charge on any atom is 0.262 e. The summed E-state index contributed by atoms with van der Waals surface area (Å²) in [5.41, 5.74) is 5.32. The van der Waals surface area contributed by atoms with Crippen LogP contribution in [0.3, 0.4) is 0 Å². The third-order valence-electron chi connectivity index (χ3n) is 4.69. The molecule has 8 heteroatoms. The number of carbonyl (C=O) groups excluding carboxylic acids is 1. The number of rotatable bonds is 5. The Kier molecular flexibility index (Phi) is 5.14. The molecule has 0 unspecified atom stereocenters. The molecule has 1 N–H and O–H groups in total. The van der Waals surface area contributed by atoms with Crippen molar-refractivity contribution in [2.24, 2.45) is 0 Å². The molecule has 0 saturated carbocycles. The molecule has 4 aromatic rings. The average Bonchev–Trinajstić information content (AvgIpc) is 3.07. The zero-order valence-corrected chi connectivity index (χ0v) is 17.3. The Morgan fingerprint density at radius 1 is 1.00 bits per heavy atom. The van der Waals surface area contributed by atoms with Crippen molar-refractivity contribution in [2.75, 3.05) is 11.9 Å². The van der Waals surface area contributed by atoms with Gasteiger partial charge in [0.15, 0.2) is 12.4 Å². The van der Waals surface area contributed by atoms with Crippen LogP contribution >= 0.6 is 0 Å². The van der Waals surface area contributed by atoms with E-state index in [0.29, 0.717) is 5.82 Å². The standard InChI is InChI=1S/C22H22N6O2/c1-13-5-8-18-17(7-6-14(2)23-18)22(13)24-20(29)12-30-21-10-9-19(25-26-21)28-16(4)11-15(3)27-28/h5-11H,12H2,1-4H3,(H,24,29). The smallest absolute Gasteiger partial charge is 0.262 e. The number of aromatic nitrogens is 5. The Labute approximate surface area is 173 Å². The average molecular weight is 402 g/mol. The second-order valence-corrected chi connectivity index (χ2v) is 7.18. The van der Waals surface area contributed by atoms with Crippen molar-refractivity contribution in [3.05, 3.63) is 65.1 Å². The van der Waals surface area contributed by atoms with Gasteiger partial charge < -0.3 is 10.1 Å². The van der Waals surface area contributed by atoms with Crippen LogP contribution in [0.5, 0.6) is 5.88 Å². The highest BCUT2D eigenvalue weighted by Crippen LogP contribution is 2.26. The number of nitrogens with one attached hydrogen (secondary N) is 1. The van der Waals surface area contributed by atoms with E-state index in [0.717, 1.165) is 39.2 Å². The van der Waals surface area contributed by atoms with Crippen molar-refractivity contribution in [3.63, 3.8) is 0 Å². The molecule has 0 fully saturated rings. The number of hydrogen-bond donors (Lipinski definition) is 1. The van der Waals surface area contributed by atoms with Gasteiger partial charge in [-0.2, -0.15) is 5.10 Å². The van der Waals surface area contributed by atoms with E-state index in [1.165, 1.54) is 0 Å². The molecular formula is C22H22N6O2. The monoisotopic (exact) mass is 402 g/mol. The van der Waals surface area contributed by atoms with Crippen molar-refractivity contribution in [1.82, 2.24) is 25.0 Å². The molecule has 0 aliphatic heterocycles. The number of aryl methyl sites for hydroxylation is 4. The van der Waals surface area contributed by atoms with Crippen LogP contribution in [-0.2, 0) is 4.79 Å².